The molecule has 3 nitrogen and oxygen atoms in total. The number of alkyl halides is 1. The Morgan fingerprint density at radius 3 is 2.57 bits per heavy atom. The number of hydrogen-bond acceptors (Lipinski definition) is 2. The van der Waals surface area contributed by atoms with E-state index < -0.39 is 16.1 Å². The van der Waals surface area contributed by atoms with Crippen LogP contribution in [0.4, 0.5) is 0 Å². The molecule has 0 aliphatic rings. The minimum atomic E-state index is -3.23. The Labute approximate surface area is 91.3 Å². The van der Waals surface area contributed by atoms with Crippen LogP contribution in [0, 0.1) is 12.3 Å². The third-order valence-corrected chi connectivity index (χ3v) is 3.46. The molecule has 0 aromatic heterocycles. The largest absolute Gasteiger partial charge is 0.212 e. The van der Waals surface area contributed by atoms with Crippen LogP contribution in [-0.2, 0) is 10.0 Å². The molecular weight excluding hydrogens is 222 g/mol. The Morgan fingerprint density at radius 1 is 1.50 bits per heavy atom. The second kappa shape index (κ2) is 7.10. The molecule has 0 aliphatic carbocycles. The smallest absolute Gasteiger partial charge is 0.212 e. The SMILES string of the molecule is C#CC(CC)NS(=O)(=O)CCCCCl. The van der Waals surface area contributed by atoms with Gasteiger partial charge in [-0.1, -0.05) is 12.8 Å². The molecule has 0 heterocycles. The topological polar surface area (TPSA) is 46.2 Å². The number of sulfonamides is 1. The van der Waals surface area contributed by atoms with Crippen molar-refractivity contribution in [2.45, 2.75) is 32.2 Å². The minimum Gasteiger partial charge on any atom is -0.212 e. The number of terminal acetylenes is 1. The highest BCUT2D eigenvalue weighted by atomic mass is 35.5. The lowest BCUT2D eigenvalue weighted by atomic mass is 10.3. The van der Waals surface area contributed by atoms with Gasteiger partial charge in [-0.25, -0.2) is 13.1 Å². The first kappa shape index (κ1) is 13.8. The van der Waals surface area contributed by atoms with E-state index in [2.05, 4.69) is 10.6 Å². The van der Waals surface area contributed by atoms with Crippen LogP contribution in [0.25, 0.3) is 0 Å². The van der Waals surface area contributed by atoms with E-state index in [1.54, 1.807) is 0 Å². The van der Waals surface area contributed by atoms with Crippen molar-refractivity contribution in [3.63, 3.8) is 0 Å². The fourth-order valence-corrected chi connectivity index (χ4v) is 2.46. The molecule has 0 saturated carbocycles. The van der Waals surface area contributed by atoms with Crippen molar-refractivity contribution in [2.24, 2.45) is 0 Å². The van der Waals surface area contributed by atoms with Crippen molar-refractivity contribution < 1.29 is 8.42 Å². The maximum Gasteiger partial charge on any atom is 0.212 e. The molecule has 0 rings (SSSR count). The predicted octanol–water partition coefficient (Wildman–Crippen LogP) is 1.34. The fraction of sp³-hybridized carbons (Fsp3) is 0.778. The standard InChI is InChI=1S/C9H16ClNO2S/c1-3-9(4-2)11-14(12,13)8-6-5-7-10/h1,9,11H,4-8H2,2H3. The molecule has 14 heavy (non-hydrogen) atoms. The molecule has 0 aromatic carbocycles. The molecule has 82 valence electrons. The quantitative estimate of drug-likeness (QED) is 0.413. The number of halogens is 1. The highest BCUT2D eigenvalue weighted by Gasteiger charge is 2.13. The highest BCUT2D eigenvalue weighted by molar-refractivity contribution is 7.89. The summed E-state index contributed by atoms with van der Waals surface area (Å²) in [6.45, 7) is 1.84. The van der Waals surface area contributed by atoms with Crippen molar-refractivity contribution >= 4 is 21.6 Å². The first-order chi connectivity index (χ1) is 6.55. The molecule has 0 aromatic rings. The summed E-state index contributed by atoms with van der Waals surface area (Å²) in [4.78, 5) is 0. The first-order valence-electron chi connectivity index (χ1n) is 4.57. The van der Waals surface area contributed by atoms with Gasteiger partial charge in [0.15, 0.2) is 0 Å². The summed E-state index contributed by atoms with van der Waals surface area (Å²) in [5, 5.41) is 0. The van der Waals surface area contributed by atoms with E-state index in [-0.39, 0.29) is 5.75 Å². The normalized spacial score (nSPS) is 13.5. The van der Waals surface area contributed by atoms with Crippen LogP contribution in [0.5, 0.6) is 0 Å². The summed E-state index contributed by atoms with van der Waals surface area (Å²) in [5.74, 6) is 2.97. The summed E-state index contributed by atoms with van der Waals surface area (Å²) >= 11 is 5.44. The van der Waals surface area contributed by atoms with Gasteiger partial charge in [-0.3, -0.25) is 0 Å². The molecule has 5 heteroatoms. The van der Waals surface area contributed by atoms with Crippen LogP contribution in [-0.4, -0.2) is 26.1 Å². The van der Waals surface area contributed by atoms with Gasteiger partial charge >= 0.3 is 0 Å². The van der Waals surface area contributed by atoms with Crippen molar-refractivity contribution in [1.29, 1.82) is 0 Å². The Hall–Kier alpha value is -0.240. The van der Waals surface area contributed by atoms with Gasteiger partial charge in [-0.15, -0.1) is 18.0 Å². The van der Waals surface area contributed by atoms with E-state index in [4.69, 9.17) is 18.0 Å². The van der Waals surface area contributed by atoms with E-state index >= 15 is 0 Å². The van der Waals surface area contributed by atoms with Gasteiger partial charge in [0.05, 0.1) is 11.8 Å². The van der Waals surface area contributed by atoms with Gasteiger partial charge in [-0.2, -0.15) is 0 Å². The monoisotopic (exact) mass is 237 g/mol. The zero-order valence-electron chi connectivity index (χ0n) is 8.29. The number of unbranched alkanes of at least 4 members (excludes halogenated alkanes) is 1. The van der Waals surface area contributed by atoms with Gasteiger partial charge in [0.2, 0.25) is 10.0 Å². The molecule has 1 atom stereocenters. The zero-order valence-corrected chi connectivity index (χ0v) is 9.87. The Balaban J connectivity index is 4.02. The van der Waals surface area contributed by atoms with Crippen LogP contribution >= 0.6 is 11.6 Å². The van der Waals surface area contributed by atoms with E-state index in [0.717, 1.165) is 0 Å². The second-order valence-corrected chi connectivity index (χ2v) is 5.21. The highest BCUT2D eigenvalue weighted by Crippen LogP contribution is 1.99. The van der Waals surface area contributed by atoms with Gasteiger partial charge in [0.1, 0.15) is 0 Å². The molecular formula is C9H16ClNO2S. The summed E-state index contributed by atoms with van der Waals surface area (Å²) in [6, 6.07) is -0.393. The summed E-state index contributed by atoms with van der Waals surface area (Å²) in [7, 11) is -3.23. The average molecular weight is 238 g/mol. The van der Waals surface area contributed by atoms with Crippen LogP contribution in [0.15, 0.2) is 0 Å². The van der Waals surface area contributed by atoms with Crippen LogP contribution in [0.3, 0.4) is 0 Å². The third kappa shape index (κ3) is 6.25. The maximum absolute atomic E-state index is 11.4. The summed E-state index contributed by atoms with van der Waals surface area (Å²) < 4.78 is 25.2. The number of hydrogen-bond donors (Lipinski definition) is 1. The van der Waals surface area contributed by atoms with Gasteiger partial charge in [0, 0.05) is 5.88 Å². The van der Waals surface area contributed by atoms with Crippen molar-refractivity contribution in [1.82, 2.24) is 4.72 Å². The molecule has 0 amide bonds. The molecule has 0 fully saturated rings. The molecule has 0 bridgehead atoms. The fourth-order valence-electron chi connectivity index (χ4n) is 0.897. The average Bonchev–Trinajstić information content (AvgIpc) is 2.14. The lowest BCUT2D eigenvalue weighted by molar-refractivity contribution is 0.567. The first-order valence-corrected chi connectivity index (χ1v) is 6.76. The lowest BCUT2D eigenvalue weighted by Gasteiger charge is -2.10. The molecule has 1 N–H and O–H groups in total. The van der Waals surface area contributed by atoms with Gasteiger partial charge < -0.3 is 0 Å². The summed E-state index contributed by atoms with van der Waals surface area (Å²) in [5.41, 5.74) is 0. The van der Waals surface area contributed by atoms with Crippen molar-refractivity contribution in [2.75, 3.05) is 11.6 Å². The van der Waals surface area contributed by atoms with E-state index in [1.165, 1.54) is 0 Å². The molecule has 1 unspecified atom stereocenters. The lowest BCUT2D eigenvalue weighted by Crippen LogP contribution is -2.34. The van der Waals surface area contributed by atoms with Crippen LogP contribution in [0.1, 0.15) is 26.2 Å². The van der Waals surface area contributed by atoms with Crippen molar-refractivity contribution in [3.8, 4) is 12.3 Å². The van der Waals surface area contributed by atoms with E-state index in [1.807, 2.05) is 6.92 Å². The predicted molar refractivity (Wildman–Crippen MR) is 59.8 cm³/mol. The van der Waals surface area contributed by atoms with Crippen molar-refractivity contribution in [3.05, 3.63) is 0 Å². The molecule has 0 saturated heterocycles. The third-order valence-electron chi connectivity index (χ3n) is 1.73. The van der Waals surface area contributed by atoms with Crippen LogP contribution < -0.4 is 4.72 Å². The molecule has 0 spiro atoms. The van der Waals surface area contributed by atoms with E-state index in [9.17, 15) is 8.42 Å². The Kier molecular flexibility index (Phi) is 6.98. The maximum atomic E-state index is 11.4. The van der Waals surface area contributed by atoms with E-state index in [0.29, 0.717) is 25.1 Å². The minimum absolute atomic E-state index is 0.0951. The Bertz CT molecular complexity index is 282. The van der Waals surface area contributed by atoms with Gasteiger partial charge in [0.25, 0.3) is 0 Å². The second-order valence-electron chi connectivity index (χ2n) is 2.96. The number of nitrogens with one attached hydrogen (secondary N) is 1. The molecule has 0 radical (unpaired) electrons. The summed E-state index contributed by atoms with van der Waals surface area (Å²) in [6.07, 6.45) is 7.02. The van der Waals surface area contributed by atoms with Crippen LogP contribution in [0.2, 0.25) is 0 Å². The molecule has 0 aliphatic heterocycles. The number of rotatable bonds is 7. The van der Waals surface area contributed by atoms with Gasteiger partial charge in [-0.05, 0) is 19.3 Å². The zero-order chi connectivity index (χ0) is 11.0. The Morgan fingerprint density at radius 2 is 2.14 bits per heavy atom.